The molecule has 1 aromatic heterocycles. The molecule has 2 aromatic carbocycles. The molecule has 0 aliphatic rings. The zero-order chi connectivity index (χ0) is 16.2. The number of hydrogen-bond donors (Lipinski definition) is 1. The number of fused-ring (bicyclic) bond motifs is 1. The van der Waals surface area contributed by atoms with Crippen LogP contribution in [0.4, 0.5) is 5.69 Å². The second-order valence-electron chi connectivity index (χ2n) is 5.08. The van der Waals surface area contributed by atoms with Gasteiger partial charge in [-0.15, -0.1) is 0 Å². The summed E-state index contributed by atoms with van der Waals surface area (Å²) >= 11 is 6.11. The molecule has 0 saturated carbocycles. The fourth-order valence-corrected chi connectivity index (χ4v) is 2.41. The smallest absolute Gasteiger partial charge is 0.219 e. The summed E-state index contributed by atoms with van der Waals surface area (Å²) in [6.07, 6.45) is 0.914. The van der Waals surface area contributed by atoms with Gasteiger partial charge in [0.2, 0.25) is 5.88 Å². The standard InChI is InChI=1S/C18H17ClN2O2/c1-2-11-22-18-12-7-10-17(21-15(12)9-8-14(18)20)23-16-6-4-3-5-13(16)19/h3-10H,2,11,20H2,1H3. The maximum Gasteiger partial charge on any atom is 0.219 e. The van der Waals surface area contributed by atoms with Crippen molar-refractivity contribution in [2.24, 2.45) is 0 Å². The van der Waals surface area contributed by atoms with Crippen LogP contribution in [-0.4, -0.2) is 11.6 Å². The minimum absolute atomic E-state index is 0.469. The molecule has 3 rings (SSSR count). The molecule has 0 amide bonds. The van der Waals surface area contributed by atoms with Gasteiger partial charge in [-0.1, -0.05) is 30.7 Å². The summed E-state index contributed by atoms with van der Waals surface area (Å²) in [5, 5.41) is 1.41. The van der Waals surface area contributed by atoms with E-state index in [9.17, 15) is 0 Å². The predicted octanol–water partition coefficient (Wildman–Crippen LogP) is 5.05. The van der Waals surface area contributed by atoms with E-state index in [-0.39, 0.29) is 0 Å². The van der Waals surface area contributed by atoms with Gasteiger partial charge in [0.05, 0.1) is 22.8 Å². The van der Waals surface area contributed by atoms with E-state index in [1.54, 1.807) is 24.3 Å². The van der Waals surface area contributed by atoms with E-state index < -0.39 is 0 Å². The number of anilines is 1. The summed E-state index contributed by atoms with van der Waals surface area (Å²) in [6.45, 7) is 2.66. The molecular weight excluding hydrogens is 312 g/mol. The lowest BCUT2D eigenvalue weighted by Crippen LogP contribution is -2.00. The number of nitrogen functional groups attached to an aromatic ring is 1. The van der Waals surface area contributed by atoms with Crippen LogP contribution in [0, 0.1) is 0 Å². The van der Waals surface area contributed by atoms with E-state index in [1.807, 2.05) is 24.3 Å². The number of halogens is 1. The Morgan fingerprint density at radius 2 is 1.91 bits per heavy atom. The quantitative estimate of drug-likeness (QED) is 0.666. The van der Waals surface area contributed by atoms with Gasteiger partial charge in [-0.3, -0.25) is 0 Å². The van der Waals surface area contributed by atoms with Crippen molar-refractivity contribution in [1.82, 2.24) is 4.98 Å². The summed E-state index contributed by atoms with van der Waals surface area (Å²) in [5.74, 6) is 1.71. The van der Waals surface area contributed by atoms with Crippen molar-refractivity contribution in [3.05, 3.63) is 53.6 Å². The summed E-state index contributed by atoms with van der Waals surface area (Å²) in [4.78, 5) is 4.51. The molecule has 0 atom stereocenters. The normalized spacial score (nSPS) is 10.7. The van der Waals surface area contributed by atoms with Crippen molar-refractivity contribution in [3.63, 3.8) is 0 Å². The fourth-order valence-electron chi connectivity index (χ4n) is 2.24. The van der Waals surface area contributed by atoms with Gasteiger partial charge >= 0.3 is 0 Å². The van der Waals surface area contributed by atoms with Crippen molar-refractivity contribution < 1.29 is 9.47 Å². The molecule has 5 heteroatoms. The number of ether oxygens (including phenoxy) is 2. The number of rotatable bonds is 5. The predicted molar refractivity (Wildman–Crippen MR) is 93.5 cm³/mol. The van der Waals surface area contributed by atoms with Crippen LogP contribution in [0.3, 0.4) is 0 Å². The number of nitrogens with zero attached hydrogens (tertiary/aromatic N) is 1. The Bertz CT molecular complexity index is 836. The molecule has 0 aliphatic carbocycles. The molecule has 0 saturated heterocycles. The first-order valence-corrected chi connectivity index (χ1v) is 7.81. The van der Waals surface area contributed by atoms with Crippen LogP contribution in [-0.2, 0) is 0 Å². The summed E-state index contributed by atoms with van der Waals surface area (Å²) in [6, 6.07) is 14.6. The van der Waals surface area contributed by atoms with Crippen molar-refractivity contribution >= 4 is 28.2 Å². The van der Waals surface area contributed by atoms with Crippen LogP contribution in [0.25, 0.3) is 10.9 Å². The number of hydrogen-bond acceptors (Lipinski definition) is 4. The minimum atomic E-state index is 0.469. The number of pyridine rings is 1. The minimum Gasteiger partial charge on any atom is -0.491 e. The Morgan fingerprint density at radius 1 is 1.09 bits per heavy atom. The van der Waals surface area contributed by atoms with Crippen molar-refractivity contribution in [2.45, 2.75) is 13.3 Å². The zero-order valence-electron chi connectivity index (χ0n) is 12.8. The third-order valence-electron chi connectivity index (χ3n) is 3.33. The SMILES string of the molecule is CCCOc1c(N)ccc2nc(Oc3ccccc3Cl)ccc12. The molecule has 0 bridgehead atoms. The van der Waals surface area contributed by atoms with E-state index in [1.165, 1.54) is 0 Å². The molecule has 0 spiro atoms. The number of aromatic nitrogens is 1. The molecule has 0 unspecified atom stereocenters. The van der Waals surface area contributed by atoms with Crippen LogP contribution in [0.2, 0.25) is 5.02 Å². The van der Waals surface area contributed by atoms with Crippen LogP contribution >= 0.6 is 11.6 Å². The molecule has 3 aromatic rings. The van der Waals surface area contributed by atoms with E-state index in [0.717, 1.165) is 17.3 Å². The van der Waals surface area contributed by atoms with Crippen molar-refractivity contribution in [3.8, 4) is 17.4 Å². The molecular formula is C18H17ClN2O2. The van der Waals surface area contributed by atoms with E-state index in [0.29, 0.717) is 34.7 Å². The maximum atomic E-state index is 6.11. The number of nitrogens with two attached hydrogens (primary N) is 1. The molecule has 2 N–H and O–H groups in total. The highest BCUT2D eigenvalue weighted by Crippen LogP contribution is 2.34. The molecule has 0 radical (unpaired) electrons. The largest absolute Gasteiger partial charge is 0.491 e. The molecule has 4 nitrogen and oxygen atoms in total. The van der Waals surface area contributed by atoms with Gasteiger partial charge in [0.15, 0.2) is 5.75 Å². The average Bonchev–Trinajstić information content (AvgIpc) is 2.56. The van der Waals surface area contributed by atoms with Gasteiger partial charge in [-0.05, 0) is 36.8 Å². The lowest BCUT2D eigenvalue weighted by molar-refractivity contribution is 0.323. The van der Waals surface area contributed by atoms with Gasteiger partial charge in [0.1, 0.15) is 5.75 Å². The average molecular weight is 329 g/mol. The highest BCUT2D eigenvalue weighted by Gasteiger charge is 2.10. The highest BCUT2D eigenvalue weighted by molar-refractivity contribution is 6.32. The van der Waals surface area contributed by atoms with Gasteiger partial charge in [-0.25, -0.2) is 4.98 Å². The lowest BCUT2D eigenvalue weighted by Gasteiger charge is -2.12. The number of para-hydroxylation sites is 1. The topological polar surface area (TPSA) is 57.4 Å². The lowest BCUT2D eigenvalue weighted by atomic mass is 10.1. The van der Waals surface area contributed by atoms with E-state index in [4.69, 9.17) is 26.8 Å². The molecule has 0 aliphatic heterocycles. The summed E-state index contributed by atoms with van der Waals surface area (Å²) in [7, 11) is 0. The third-order valence-corrected chi connectivity index (χ3v) is 3.64. The van der Waals surface area contributed by atoms with Gasteiger partial charge < -0.3 is 15.2 Å². The van der Waals surface area contributed by atoms with Crippen molar-refractivity contribution in [1.29, 1.82) is 0 Å². The molecule has 23 heavy (non-hydrogen) atoms. The van der Waals surface area contributed by atoms with Gasteiger partial charge in [0.25, 0.3) is 0 Å². The fraction of sp³-hybridized carbons (Fsp3) is 0.167. The highest BCUT2D eigenvalue weighted by atomic mass is 35.5. The Kier molecular flexibility index (Phi) is 4.53. The van der Waals surface area contributed by atoms with Crippen molar-refractivity contribution in [2.75, 3.05) is 12.3 Å². The van der Waals surface area contributed by atoms with Crippen LogP contribution in [0.1, 0.15) is 13.3 Å². The van der Waals surface area contributed by atoms with Crippen LogP contribution < -0.4 is 15.2 Å². The summed E-state index contributed by atoms with van der Waals surface area (Å²) < 4.78 is 11.5. The first kappa shape index (κ1) is 15.4. The monoisotopic (exact) mass is 328 g/mol. The summed E-state index contributed by atoms with van der Waals surface area (Å²) in [5.41, 5.74) is 7.37. The second kappa shape index (κ2) is 6.75. The Morgan fingerprint density at radius 3 is 2.70 bits per heavy atom. The Labute approximate surface area is 139 Å². The first-order chi connectivity index (χ1) is 11.2. The maximum absolute atomic E-state index is 6.11. The number of benzene rings is 2. The van der Waals surface area contributed by atoms with Gasteiger partial charge in [-0.2, -0.15) is 0 Å². The molecule has 1 heterocycles. The zero-order valence-corrected chi connectivity index (χ0v) is 13.5. The van der Waals surface area contributed by atoms with E-state index >= 15 is 0 Å². The van der Waals surface area contributed by atoms with E-state index in [2.05, 4.69) is 11.9 Å². The van der Waals surface area contributed by atoms with Crippen LogP contribution in [0.15, 0.2) is 48.5 Å². The molecule has 118 valence electrons. The Hall–Kier alpha value is -2.46. The van der Waals surface area contributed by atoms with Gasteiger partial charge in [0, 0.05) is 11.5 Å². The third kappa shape index (κ3) is 3.32. The van der Waals surface area contributed by atoms with Crippen LogP contribution in [0.5, 0.6) is 17.4 Å². The first-order valence-electron chi connectivity index (χ1n) is 7.43. The molecule has 0 fully saturated rings. The Balaban J connectivity index is 1.96. The second-order valence-corrected chi connectivity index (χ2v) is 5.49.